The maximum atomic E-state index is 13.6. The fourth-order valence-corrected chi connectivity index (χ4v) is 3.86. The molecule has 7 heteroatoms. The van der Waals surface area contributed by atoms with Crippen molar-refractivity contribution in [3.8, 4) is 5.69 Å². The number of aromatic nitrogens is 5. The van der Waals surface area contributed by atoms with Crippen molar-refractivity contribution in [1.82, 2.24) is 24.1 Å². The Labute approximate surface area is 172 Å². The molecular weight excluding hydrogens is 376 g/mol. The van der Waals surface area contributed by atoms with E-state index in [9.17, 15) is 4.79 Å². The number of benzene rings is 2. The molecule has 0 amide bonds. The van der Waals surface area contributed by atoms with Crippen molar-refractivity contribution in [2.75, 3.05) is 5.73 Å². The Hall–Kier alpha value is -4.00. The Morgan fingerprint density at radius 3 is 2.60 bits per heavy atom. The summed E-state index contributed by atoms with van der Waals surface area (Å²) >= 11 is 0. The molecule has 5 rings (SSSR count). The summed E-state index contributed by atoms with van der Waals surface area (Å²) in [6, 6.07) is 15.3. The van der Waals surface area contributed by atoms with Gasteiger partial charge in [-0.1, -0.05) is 30.3 Å². The Bertz CT molecular complexity index is 1480. The van der Waals surface area contributed by atoms with E-state index in [0.29, 0.717) is 40.1 Å². The summed E-state index contributed by atoms with van der Waals surface area (Å²) in [5, 5.41) is 0.627. The number of nitrogens with two attached hydrogens (primary N) is 1. The van der Waals surface area contributed by atoms with Gasteiger partial charge in [0.15, 0.2) is 5.65 Å². The van der Waals surface area contributed by atoms with E-state index in [-0.39, 0.29) is 5.56 Å². The predicted molar refractivity (Wildman–Crippen MR) is 118 cm³/mol. The van der Waals surface area contributed by atoms with Crippen molar-refractivity contribution in [2.24, 2.45) is 0 Å². The first-order valence-electron chi connectivity index (χ1n) is 9.67. The summed E-state index contributed by atoms with van der Waals surface area (Å²) in [6.45, 7) is 4.26. The Morgan fingerprint density at radius 2 is 1.77 bits per heavy atom. The monoisotopic (exact) mass is 396 g/mol. The van der Waals surface area contributed by atoms with Crippen LogP contribution >= 0.6 is 0 Å². The van der Waals surface area contributed by atoms with Crippen LogP contribution in [-0.2, 0) is 6.54 Å². The number of aryl methyl sites for hydroxylation is 2. The number of hydrogen-bond acceptors (Lipinski definition) is 5. The van der Waals surface area contributed by atoms with Gasteiger partial charge in [0, 0.05) is 6.20 Å². The van der Waals surface area contributed by atoms with Gasteiger partial charge in [-0.15, -0.1) is 0 Å². The maximum absolute atomic E-state index is 13.6. The third kappa shape index (κ3) is 2.75. The highest BCUT2D eigenvalue weighted by Crippen LogP contribution is 2.21. The molecule has 30 heavy (non-hydrogen) atoms. The van der Waals surface area contributed by atoms with E-state index < -0.39 is 0 Å². The lowest BCUT2D eigenvalue weighted by molar-refractivity contribution is 0.717. The summed E-state index contributed by atoms with van der Waals surface area (Å²) in [5.41, 5.74) is 11.2. The molecule has 0 atom stereocenters. The lowest BCUT2D eigenvalue weighted by Crippen LogP contribution is -2.26. The summed E-state index contributed by atoms with van der Waals surface area (Å²) < 4.78 is 3.56. The Kier molecular flexibility index (Phi) is 4.10. The minimum Gasteiger partial charge on any atom is -0.397 e. The van der Waals surface area contributed by atoms with Gasteiger partial charge in [-0.3, -0.25) is 9.36 Å². The van der Waals surface area contributed by atoms with Gasteiger partial charge in [0.05, 0.1) is 35.1 Å². The van der Waals surface area contributed by atoms with Crippen molar-refractivity contribution >= 4 is 27.8 Å². The second-order valence-electron chi connectivity index (χ2n) is 7.37. The molecule has 0 spiro atoms. The molecule has 7 nitrogen and oxygen atoms in total. The number of anilines is 1. The van der Waals surface area contributed by atoms with Gasteiger partial charge in [-0.25, -0.2) is 15.0 Å². The van der Waals surface area contributed by atoms with Crippen molar-refractivity contribution < 1.29 is 0 Å². The highest BCUT2D eigenvalue weighted by atomic mass is 16.1. The van der Waals surface area contributed by atoms with Gasteiger partial charge in [0.25, 0.3) is 5.56 Å². The van der Waals surface area contributed by atoms with E-state index in [1.807, 2.05) is 60.9 Å². The predicted octanol–water partition coefficient (Wildman–Crippen LogP) is 3.38. The molecule has 0 aliphatic carbocycles. The highest BCUT2D eigenvalue weighted by Gasteiger charge is 2.17. The highest BCUT2D eigenvalue weighted by molar-refractivity contribution is 5.84. The molecule has 0 radical (unpaired) electrons. The van der Waals surface area contributed by atoms with E-state index in [1.165, 1.54) is 0 Å². The number of nitrogen functional groups attached to an aromatic ring is 1. The van der Waals surface area contributed by atoms with Crippen LogP contribution in [0.1, 0.15) is 17.0 Å². The van der Waals surface area contributed by atoms with Crippen molar-refractivity contribution in [3.05, 3.63) is 88.4 Å². The molecule has 2 N–H and O–H groups in total. The number of hydrogen-bond donors (Lipinski definition) is 1. The molecule has 0 bridgehead atoms. The fraction of sp³-hybridized carbons (Fsp3) is 0.130. The Morgan fingerprint density at radius 1 is 0.967 bits per heavy atom. The molecule has 0 unspecified atom stereocenters. The molecule has 5 aromatic rings. The van der Waals surface area contributed by atoms with Gasteiger partial charge in [-0.2, -0.15) is 0 Å². The molecule has 2 aromatic carbocycles. The van der Waals surface area contributed by atoms with Crippen molar-refractivity contribution in [2.45, 2.75) is 20.4 Å². The van der Waals surface area contributed by atoms with E-state index in [1.54, 1.807) is 23.2 Å². The average molecular weight is 396 g/mol. The summed E-state index contributed by atoms with van der Waals surface area (Å²) in [5.74, 6) is 0.607. The second kappa shape index (κ2) is 6.81. The largest absolute Gasteiger partial charge is 0.397 e. The third-order valence-corrected chi connectivity index (χ3v) is 5.38. The number of nitrogens with zero attached hydrogens (tertiary/aromatic N) is 5. The zero-order valence-electron chi connectivity index (χ0n) is 16.7. The fourth-order valence-electron chi connectivity index (χ4n) is 3.86. The normalized spacial score (nSPS) is 11.4. The minimum absolute atomic E-state index is 0.0840. The molecule has 0 aliphatic heterocycles. The van der Waals surface area contributed by atoms with Gasteiger partial charge >= 0.3 is 0 Å². The zero-order valence-corrected chi connectivity index (χ0v) is 16.7. The van der Waals surface area contributed by atoms with Crippen molar-refractivity contribution in [1.29, 1.82) is 0 Å². The first-order chi connectivity index (χ1) is 14.5. The first-order valence-corrected chi connectivity index (χ1v) is 9.67. The van der Waals surface area contributed by atoms with E-state index in [0.717, 1.165) is 16.8 Å². The number of rotatable bonds is 3. The van der Waals surface area contributed by atoms with Gasteiger partial charge < -0.3 is 10.3 Å². The molecular formula is C23H20N6O. The second-order valence-corrected chi connectivity index (χ2v) is 7.37. The van der Waals surface area contributed by atoms with Crippen LogP contribution in [0.4, 0.5) is 5.69 Å². The average Bonchev–Trinajstić information content (AvgIpc) is 3.13. The summed E-state index contributed by atoms with van der Waals surface area (Å²) in [4.78, 5) is 27.3. The lowest BCUT2D eigenvalue weighted by atomic mass is 10.1. The van der Waals surface area contributed by atoms with Gasteiger partial charge in [0.2, 0.25) is 0 Å². The quantitative estimate of drug-likeness (QED) is 0.505. The van der Waals surface area contributed by atoms with Crippen LogP contribution in [-0.4, -0.2) is 24.1 Å². The van der Waals surface area contributed by atoms with E-state index in [4.69, 9.17) is 10.7 Å². The SMILES string of the molecule is Cc1ccccc1-n1c(Cn2cnc3c(N)ccnc32)nc2cccc(C)c2c1=O. The van der Waals surface area contributed by atoms with Crippen LogP contribution in [0.5, 0.6) is 0 Å². The van der Waals surface area contributed by atoms with E-state index >= 15 is 0 Å². The topological polar surface area (TPSA) is 91.6 Å². The number of imidazole rings is 1. The summed E-state index contributed by atoms with van der Waals surface area (Å²) in [6.07, 6.45) is 3.34. The molecule has 3 heterocycles. The summed E-state index contributed by atoms with van der Waals surface area (Å²) in [7, 11) is 0. The number of pyridine rings is 1. The standard InChI is InChI=1S/C23H20N6O/c1-14-6-3-4-9-18(14)29-19(27-17-8-5-7-15(2)20(17)23(29)30)12-28-13-26-21-16(24)10-11-25-22(21)28/h3-11,13H,12H2,1-2H3,(H2,24,25). The van der Waals surface area contributed by atoms with E-state index in [2.05, 4.69) is 9.97 Å². The van der Waals surface area contributed by atoms with Crippen LogP contribution in [0.25, 0.3) is 27.8 Å². The molecule has 0 fully saturated rings. The molecule has 148 valence electrons. The van der Waals surface area contributed by atoms with Crippen LogP contribution < -0.4 is 11.3 Å². The molecule has 0 saturated heterocycles. The zero-order chi connectivity index (χ0) is 20.8. The number of para-hydroxylation sites is 1. The third-order valence-electron chi connectivity index (χ3n) is 5.38. The van der Waals surface area contributed by atoms with Gasteiger partial charge in [-0.05, 0) is 43.2 Å². The van der Waals surface area contributed by atoms with Crippen molar-refractivity contribution in [3.63, 3.8) is 0 Å². The molecule has 0 saturated carbocycles. The first kappa shape index (κ1) is 18.1. The van der Waals surface area contributed by atoms with Crippen LogP contribution in [0, 0.1) is 13.8 Å². The lowest BCUT2D eigenvalue weighted by Gasteiger charge is -2.16. The van der Waals surface area contributed by atoms with Crippen LogP contribution in [0.3, 0.4) is 0 Å². The minimum atomic E-state index is -0.0840. The molecule has 0 aliphatic rings. The van der Waals surface area contributed by atoms with Gasteiger partial charge in [0.1, 0.15) is 11.3 Å². The van der Waals surface area contributed by atoms with Crippen LogP contribution in [0.2, 0.25) is 0 Å². The number of fused-ring (bicyclic) bond motifs is 2. The Balaban J connectivity index is 1.80. The maximum Gasteiger partial charge on any atom is 0.266 e. The molecule has 3 aromatic heterocycles. The smallest absolute Gasteiger partial charge is 0.266 e. The van der Waals surface area contributed by atoms with Crippen LogP contribution in [0.15, 0.2) is 65.8 Å².